The van der Waals surface area contributed by atoms with E-state index in [0.29, 0.717) is 48.0 Å². The molecular formula is C50H53F3N3O11P. The summed E-state index contributed by atoms with van der Waals surface area (Å²) in [5.74, 6) is -13.3. The van der Waals surface area contributed by atoms with Crippen LogP contribution in [0, 0.1) is 11.8 Å². The van der Waals surface area contributed by atoms with E-state index >= 15 is 0 Å². The second-order valence-corrected chi connectivity index (χ2v) is 22.5. The molecule has 360 valence electrons. The Morgan fingerprint density at radius 3 is 1.82 bits per heavy atom. The number of nitrogens with zero attached hydrogens (tertiary/aromatic N) is 1. The van der Waals surface area contributed by atoms with Crippen molar-refractivity contribution in [2.45, 2.75) is 75.3 Å². The van der Waals surface area contributed by atoms with Crippen LogP contribution in [0.1, 0.15) is 62.5 Å². The summed E-state index contributed by atoms with van der Waals surface area (Å²) in [4.78, 5) is 68.1. The third kappa shape index (κ3) is 7.94. The minimum Gasteiger partial charge on any atom is -0.508 e. The third-order valence-corrected chi connectivity index (χ3v) is 19.7. The van der Waals surface area contributed by atoms with E-state index in [9.17, 15) is 62.7 Å². The molecule has 14 nitrogen and oxygen atoms in total. The molecule has 7 rings (SSSR count). The molecule has 0 spiro atoms. The summed E-state index contributed by atoms with van der Waals surface area (Å²) in [5.41, 5.74) is 0.709. The quantitative estimate of drug-likeness (QED) is 0.0347. The minimum atomic E-state index is -5.28. The Morgan fingerprint density at radius 1 is 0.809 bits per heavy atom. The number of anilines is 1. The Bertz CT molecular complexity index is 2610. The van der Waals surface area contributed by atoms with E-state index < -0.39 is 106 Å². The van der Waals surface area contributed by atoms with Gasteiger partial charge in [0.2, 0.25) is 5.78 Å². The average Bonchev–Trinajstić information content (AvgIpc) is 3.30. The van der Waals surface area contributed by atoms with Gasteiger partial charge >= 0.3 is 244 Å². The van der Waals surface area contributed by atoms with Gasteiger partial charge in [-0.25, -0.2) is 0 Å². The number of carbonyl (C=O) groups is 5. The van der Waals surface area contributed by atoms with Crippen LogP contribution in [-0.4, -0.2) is 104 Å². The summed E-state index contributed by atoms with van der Waals surface area (Å²) in [6.07, 6.45) is -4.73. The molecule has 3 aliphatic carbocycles. The third-order valence-electron chi connectivity index (χ3n) is 13.8. The van der Waals surface area contributed by atoms with Gasteiger partial charge in [0.1, 0.15) is 22.8 Å². The van der Waals surface area contributed by atoms with Crippen LogP contribution in [0.25, 0.3) is 5.76 Å². The first-order valence-electron chi connectivity index (χ1n) is 22.1. The molecular weight excluding hydrogens is 907 g/mol. The molecule has 6 atom stereocenters. The van der Waals surface area contributed by atoms with Gasteiger partial charge in [-0.05, 0) is 14.1 Å². The average molecular weight is 960 g/mol. The standard InChI is InChI=1S/C50H53F3N3O11P/c1-28-35-32(25-26-33(57)37(35)42(59)38-36(28)43(60)40-41(56(2)3)44(61)39(47(54)64)46(63)49(40,66)45(38)62)55-34(58)24-16-5-4-6-17-27-68(29-18-10-7-11-19-29,30-20-12-8-13-21-30,31-22-14-9-15-23-31)67-48(65)50(51,52)53/h7-15,18-23,25-26,28,36,40-41,43,57,59-60,63,66H,4-6,16-17,24,27H2,1-3H3,(H2,54,64)(H,55,58)/t28-,36+,40+,41-,43-,49-/m0/s1. The number of alkyl halides is 3. The summed E-state index contributed by atoms with van der Waals surface area (Å²) in [5, 5.41) is 62.1. The van der Waals surface area contributed by atoms with Crippen molar-refractivity contribution in [1.29, 1.82) is 0 Å². The topological polar surface area (TPSA) is 237 Å². The van der Waals surface area contributed by atoms with E-state index in [1.54, 1.807) is 97.9 Å². The predicted molar refractivity (Wildman–Crippen MR) is 249 cm³/mol. The first kappa shape index (κ1) is 49.5. The number of ketones is 2. The van der Waals surface area contributed by atoms with Crippen molar-refractivity contribution < 1.29 is 67.2 Å². The van der Waals surface area contributed by atoms with Gasteiger partial charge < -0.3 is 31.3 Å². The molecule has 0 aliphatic heterocycles. The number of fused-ring (bicyclic) bond motifs is 3. The van der Waals surface area contributed by atoms with E-state index in [2.05, 4.69) is 5.32 Å². The number of hydrogen-bond acceptors (Lipinski definition) is 12. The van der Waals surface area contributed by atoms with Crippen LogP contribution < -0.4 is 27.0 Å². The maximum atomic E-state index is 14.3. The molecule has 0 aromatic heterocycles. The van der Waals surface area contributed by atoms with Crippen molar-refractivity contribution in [3.63, 3.8) is 0 Å². The zero-order valence-electron chi connectivity index (χ0n) is 37.4. The minimum absolute atomic E-state index is 0.00208. The zero-order valence-corrected chi connectivity index (χ0v) is 38.3. The van der Waals surface area contributed by atoms with Crippen molar-refractivity contribution in [1.82, 2.24) is 4.90 Å². The second kappa shape index (κ2) is 18.6. The number of nitrogens with two attached hydrogens (primary N) is 1. The number of benzene rings is 4. The molecule has 1 saturated carbocycles. The fourth-order valence-electron chi connectivity index (χ4n) is 10.8. The van der Waals surface area contributed by atoms with Crippen molar-refractivity contribution in [2.24, 2.45) is 17.6 Å². The summed E-state index contributed by atoms with van der Waals surface area (Å²) in [6, 6.07) is 26.6. The number of phenolic OH excluding ortho intramolecular Hbond substituents is 1. The molecule has 4 aromatic carbocycles. The molecule has 0 radical (unpaired) electrons. The first-order valence-corrected chi connectivity index (χ1v) is 24.5. The zero-order chi connectivity index (χ0) is 49.5. The van der Waals surface area contributed by atoms with E-state index in [0.717, 1.165) is 0 Å². The van der Waals surface area contributed by atoms with Gasteiger partial charge in [-0.3, -0.25) is 19.3 Å². The molecule has 4 aromatic rings. The van der Waals surface area contributed by atoms with Crippen LogP contribution in [0.15, 0.2) is 120 Å². The van der Waals surface area contributed by atoms with Gasteiger partial charge in [-0.1, -0.05) is 6.92 Å². The Kier molecular flexibility index (Phi) is 13.5. The number of nitrogens with one attached hydrogen (secondary N) is 1. The number of carbonyl (C=O) groups excluding carboxylic acids is 5. The fourth-order valence-corrected chi connectivity index (χ4v) is 16.5. The van der Waals surface area contributed by atoms with E-state index in [1.165, 1.54) is 31.1 Å². The van der Waals surface area contributed by atoms with E-state index in [-0.39, 0.29) is 29.4 Å². The number of aliphatic hydroxyl groups is 4. The SMILES string of the molecule is C[C@H]1c2c(NC(=O)CCCCCCCP(OC(=O)C(F)(F)F)(c3ccccc3)(c3ccccc3)c3ccccc3)ccc(O)c2C(O)=C2C(=O)[C@]3(O)C(O)=C(C(N)=O)C(=O)[C@@H](N(C)C)[C@@H]3[C@@H](O)[C@@H]21. The van der Waals surface area contributed by atoms with Crippen molar-refractivity contribution in [2.75, 3.05) is 25.6 Å². The number of phenols is 1. The normalized spacial score (nSPS) is 23.2. The number of unbranched alkanes of at least 4 members (excludes halogenated alkanes) is 4. The molecule has 0 saturated heterocycles. The Morgan fingerprint density at radius 2 is 1.32 bits per heavy atom. The number of aromatic hydroxyl groups is 1. The monoisotopic (exact) mass is 959 g/mol. The molecule has 18 heteroatoms. The molecule has 0 heterocycles. The molecule has 0 bridgehead atoms. The molecule has 8 N–H and O–H groups in total. The molecule has 1 fully saturated rings. The van der Waals surface area contributed by atoms with Crippen LogP contribution in [0.4, 0.5) is 18.9 Å². The van der Waals surface area contributed by atoms with E-state index in [1.807, 2.05) is 0 Å². The first-order chi connectivity index (χ1) is 32.1. The Balaban J connectivity index is 1.10. The number of amides is 2. The Labute approximate surface area is 389 Å². The number of primary amides is 1. The van der Waals surface area contributed by atoms with Gasteiger partial charge in [0, 0.05) is 11.5 Å². The van der Waals surface area contributed by atoms with Crippen LogP contribution in [0.2, 0.25) is 0 Å². The number of rotatable bonds is 15. The number of hydrogen-bond donors (Lipinski definition) is 7. The van der Waals surface area contributed by atoms with Crippen LogP contribution >= 0.6 is 6.83 Å². The fraction of sp³-hybridized carbons (Fsp3) is 0.340. The molecule has 68 heavy (non-hydrogen) atoms. The summed E-state index contributed by atoms with van der Waals surface area (Å²) in [7, 11) is 2.81. The number of aliphatic hydroxyl groups excluding tert-OH is 3. The maximum absolute atomic E-state index is 14.3. The molecule has 2 amide bonds. The molecule has 0 unspecified atom stereocenters. The second-order valence-electron chi connectivity index (χ2n) is 17.9. The van der Waals surface area contributed by atoms with E-state index in [4.69, 9.17) is 10.3 Å². The summed E-state index contributed by atoms with van der Waals surface area (Å²) in [6.45, 7) is -3.10. The van der Waals surface area contributed by atoms with Gasteiger partial charge in [0.05, 0.1) is 18.1 Å². The van der Waals surface area contributed by atoms with Crippen molar-refractivity contribution >= 4 is 63.5 Å². The smallest absolute Gasteiger partial charge is 0.508 e. The van der Waals surface area contributed by atoms with Gasteiger partial charge in [0.25, 0.3) is 5.91 Å². The number of Topliss-reactive ketones (excluding diaryl/α,β-unsaturated/α-hetero) is 2. The van der Waals surface area contributed by atoms with Crippen LogP contribution in [0.5, 0.6) is 5.75 Å². The number of halogens is 3. The van der Waals surface area contributed by atoms with Crippen molar-refractivity contribution in [3.8, 4) is 5.75 Å². The Hall–Kier alpha value is -6.39. The van der Waals surface area contributed by atoms with Crippen LogP contribution in [-0.2, 0) is 28.5 Å². The summed E-state index contributed by atoms with van der Waals surface area (Å²) >= 11 is 0. The van der Waals surface area contributed by atoms with Gasteiger partial charge in [-0.15, -0.1) is 0 Å². The predicted octanol–water partition coefficient (Wildman–Crippen LogP) is 5.33. The molecule has 3 aliphatic rings. The van der Waals surface area contributed by atoms with Crippen molar-refractivity contribution in [3.05, 3.63) is 131 Å². The van der Waals surface area contributed by atoms with Gasteiger partial charge in [0.15, 0.2) is 11.4 Å². The van der Waals surface area contributed by atoms with Crippen LogP contribution in [0.3, 0.4) is 0 Å². The summed E-state index contributed by atoms with van der Waals surface area (Å²) < 4.78 is 48.8. The number of likely N-dealkylation sites (N-methyl/N-ethyl adjacent to an activating group) is 1. The van der Waals surface area contributed by atoms with Gasteiger partial charge in [-0.2, -0.15) is 0 Å².